The van der Waals surface area contributed by atoms with Crippen LogP contribution in [0.4, 0.5) is 0 Å². The Hall–Kier alpha value is -1.84. The molecule has 0 unspecified atom stereocenters. The number of aromatic nitrogens is 3. The normalized spacial score (nSPS) is 10.4. The van der Waals surface area contributed by atoms with Crippen molar-refractivity contribution < 1.29 is 4.74 Å². The standard InChI is InChI=1S/C12H15N3O/c1-4-11-13-14-12(15(11)2)9-7-5-6-8-10(9)16-3/h5-8H,4H2,1-3H3. The van der Waals surface area contributed by atoms with Gasteiger partial charge >= 0.3 is 0 Å². The van der Waals surface area contributed by atoms with E-state index in [1.165, 1.54) is 0 Å². The number of rotatable bonds is 3. The van der Waals surface area contributed by atoms with Gasteiger partial charge in [-0.15, -0.1) is 10.2 Å². The number of para-hydroxylation sites is 1. The molecule has 2 rings (SSSR count). The lowest BCUT2D eigenvalue weighted by molar-refractivity contribution is 0.416. The van der Waals surface area contributed by atoms with Gasteiger partial charge in [0.15, 0.2) is 5.82 Å². The Labute approximate surface area is 94.9 Å². The van der Waals surface area contributed by atoms with E-state index < -0.39 is 0 Å². The van der Waals surface area contributed by atoms with Crippen molar-refractivity contribution in [3.63, 3.8) is 0 Å². The van der Waals surface area contributed by atoms with E-state index in [1.807, 2.05) is 35.9 Å². The Bertz CT molecular complexity index is 491. The SMILES string of the molecule is CCc1nnc(-c2ccccc2OC)n1C. The fourth-order valence-corrected chi connectivity index (χ4v) is 1.73. The third-order valence-electron chi connectivity index (χ3n) is 2.63. The monoisotopic (exact) mass is 217 g/mol. The Kier molecular flexibility index (Phi) is 2.90. The minimum Gasteiger partial charge on any atom is -0.496 e. The molecule has 1 aromatic heterocycles. The van der Waals surface area contributed by atoms with Crippen LogP contribution in [0.25, 0.3) is 11.4 Å². The summed E-state index contributed by atoms with van der Waals surface area (Å²) in [6, 6.07) is 7.83. The minimum absolute atomic E-state index is 0.820. The van der Waals surface area contributed by atoms with Crippen molar-refractivity contribution in [1.29, 1.82) is 0 Å². The number of nitrogens with zero attached hydrogens (tertiary/aromatic N) is 3. The van der Waals surface area contributed by atoms with Crippen LogP contribution >= 0.6 is 0 Å². The molecule has 0 aliphatic carbocycles. The van der Waals surface area contributed by atoms with Crippen LogP contribution in [0.1, 0.15) is 12.7 Å². The first-order chi connectivity index (χ1) is 7.77. The smallest absolute Gasteiger partial charge is 0.167 e. The van der Waals surface area contributed by atoms with Crippen molar-refractivity contribution in [3.8, 4) is 17.1 Å². The maximum absolute atomic E-state index is 5.32. The van der Waals surface area contributed by atoms with Gasteiger partial charge in [0, 0.05) is 13.5 Å². The number of hydrogen-bond donors (Lipinski definition) is 0. The molecule has 0 spiro atoms. The molecule has 4 nitrogen and oxygen atoms in total. The van der Waals surface area contributed by atoms with Gasteiger partial charge in [-0.3, -0.25) is 0 Å². The van der Waals surface area contributed by atoms with Crippen LogP contribution in [0.5, 0.6) is 5.75 Å². The van der Waals surface area contributed by atoms with E-state index in [2.05, 4.69) is 17.1 Å². The summed E-state index contributed by atoms with van der Waals surface area (Å²) in [6.07, 6.45) is 0.874. The van der Waals surface area contributed by atoms with Crippen molar-refractivity contribution in [3.05, 3.63) is 30.1 Å². The quantitative estimate of drug-likeness (QED) is 0.790. The minimum atomic E-state index is 0.820. The van der Waals surface area contributed by atoms with Gasteiger partial charge in [0.2, 0.25) is 0 Å². The zero-order chi connectivity index (χ0) is 11.5. The van der Waals surface area contributed by atoms with Gasteiger partial charge in [-0.05, 0) is 12.1 Å². The predicted molar refractivity (Wildman–Crippen MR) is 62.4 cm³/mol. The van der Waals surface area contributed by atoms with Gasteiger partial charge < -0.3 is 9.30 Å². The summed E-state index contributed by atoms with van der Waals surface area (Å²) in [5.41, 5.74) is 0.972. The molecule has 0 aliphatic rings. The maximum atomic E-state index is 5.32. The molecule has 0 radical (unpaired) electrons. The van der Waals surface area contributed by atoms with E-state index in [0.717, 1.165) is 29.4 Å². The topological polar surface area (TPSA) is 39.9 Å². The van der Waals surface area contributed by atoms with Crippen molar-refractivity contribution in [1.82, 2.24) is 14.8 Å². The van der Waals surface area contributed by atoms with Gasteiger partial charge in [-0.2, -0.15) is 0 Å². The van der Waals surface area contributed by atoms with Gasteiger partial charge in [0.25, 0.3) is 0 Å². The molecule has 0 aliphatic heterocycles. The Morgan fingerprint density at radius 2 is 2.00 bits per heavy atom. The summed E-state index contributed by atoms with van der Waals surface area (Å²) in [6.45, 7) is 2.07. The second-order valence-electron chi connectivity index (χ2n) is 3.55. The molecule has 1 aromatic carbocycles. The Balaban J connectivity index is 2.54. The second-order valence-corrected chi connectivity index (χ2v) is 3.55. The summed E-state index contributed by atoms with van der Waals surface area (Å²) in [4.78, 5) is 0. The summed E-state index contributed by atoms with van der Waals surface area (Å²) in [7, 11) is 3.64. The van der Waals surface area contributed by atoms with Gasteiger partial charge in [-0.25, -0.2) is 0 Å². The molecule has 0 fully saturated rings. The molecular weight excluding hydrogens is 202 g/mol. The van der Waals surface area contributed by atoms with Crippen molar-refractivity contribution in [2.45, 2.75) is 13.3 Å². The molecule has 0 atom stereocenters. The average molecular weight is 217 g/mol. The zero-order valence-electron chi connectivity index (χ0n) is 9.77. The first kappa shape index (κ1) is 10.7. The highest BCUT2D eigenvalue weighted by Crippen LogP contribution is 2.27. The van der Waals surface area contributed by atoms with E-state index in [-0.39, 0.29) is 0 Å². The molecule has 84 valence electrons. The fourth-order valence-electron chi connectivity index (χ4n) is 1.73. The summed E-state index contributed by atoms with van der Waals surface area (Å²) in [5.74, 6) is 2.64. The lowest BCUT2D eigenvalue weighted by Crippen LogP contribution is -1.99. The van der Waals surface area contributed by atoms with Crippen LogP contribution < -0.4 is 4.74 Å². The lowest BCUT2D eigenvalue weighted by atomic mass is 10.2. The van der Waals surface area contributed by atoms with E-state index in [9.17, 15) is 0 Å². The summed E-state index contributed by atoms with van der Waals surface area (Å²) in [5, 5.41) is 8.34. The first-order valence-corrected chi connectivity index (χ1v) is 5.29. The molecule has 0 bridgehead atoms. The lowest BCUT2D eigenvalue weighted by Gasteiger charge is -2.07. The highest BCUT2D eigenvalue weighted by molar-refractivity contribution is 5.64. The highest BCUT2D eigenvalue weighted by Gasteiger charge is 2.12. The zero-order valence-corrected chi connectivity index (χ0v) is 9.77. The van der Waals surface area contributed by atoms with Crippen molar-refractivity contribution in [2.75, 3.05) is 7.11 Å². The van der Waals surface area contributed by atoms with Gasteiger partial charge in [0.05, 0.1) is 12.7 Å². The van der Waals surface area contributed by atoms with E-state index >= 15 is 0 Å². The molecule has 2 aromatic rings. The first-order valence-electron chi connectivity index (χ1n) is 5.29. The average Bonchev–Trinajstić information content (AvgIpc) is 2.70. The van der Waals surface area contributed by atoms with Crippen LogP contribution in [-0.4, -0.2) is 21.9 Å². The number of ether oxygens (including phenoxy) is 1. The fraction of sp³-hybridized carbons (Fsp3) is 0.333. The van der Waals surface area contributed by atoms with Crippen molar-refractivity contribution in [2.24, 2.45) is 7.05 Å². The van der Waals surface area contributed by atoms with Crippen LogP contribution in [-0.2, 0) is 13.5 Å². The number of methoxy groups -OCH3 is 1. The molecular formula is C12H15N3O. The third kappa shape index (κ3) is 1.66. The van der Waals surface area contributed by atoms with E-state index in [4.69, 9.17) is 4.74 Å². The molecule has 16 heavy (non-hydrogen) atoms. The summed E-state index contributed by atoms with van der Waals surface area (Å²) >= 11 is 0. The van der Waals surface area contributed by atoms with Crippen LogP contribution in [0, 0.1) is 0 Å². The molecule has 1 heterocycles. The van der Waals surface area contributed by atoms with Crippen molar-refractivity contribution >= 4 is 0 Å². The number of hydrogen-bond acceptors (Lipinski definition) is 3. The van der Waals surface area contributed by atoms with E-state index in [0.29, 0.717) is 0 Å². The maximum Gasteiger partial charge on any atom is 0.167 e. The molecule has 4 heteroatoms. The highest BCUT2D eigenvalue weighted by atomic mass is 16.5. The number of benzene rings is 1. The van der Waals surface area contributed by atoms with E-state index in [1.54, 1.807) is 7.11 Å². The van der Waals surface area contributed by atoms with Gasteiger partial charge in [-0.1, -0.05) is 19.1 Å². The Morgan fingerprint density at radius 3 is 2.62 bits per heavy atom. The van der Waals surface area contributed by atoms with Crippen LogP contribution in [0.3, 0.4) is 0 Å². The second kappa shape index (κ2) is 4.35. The van der Waals surface area contributed by atoms with Crippen LogP contribution in [0.2, 0.25) is 0 Å². The summed E-state index contributed by atoms with van der Waals surface area (Å²) < 4.78 is 7.31. The largest absolute Gasteiger partial charge is 0.496 e. The van der Waals surface area contributed by atoms with Gasteiger partial charge in [0.1, 0.15) is 11.6 Å². The Morgan fingerprint density at radius 1 is 1.25 bits per heavy atom. The van der Waals surface area contributed by atoms with Crippen LogP contribution in [0.15, 0.2) is 24.3 Å². The molecule has 0 saturated heterocycles. The predicted octanol–water partition coefficient (Wildman–Crippen LogP) is 2.05. The third-order valence-corrected chi connectivity index (χ3v) is 2.63. The molecule has 0 amide bonds. The number of aryl methyl sites for hydroxylation is 1. The molecule has 0 N–H and O–H groups in total. The molecule has 0 saturated carbocycles.